The number of halogens is 2. The molecule has 0 N–H and O–H groups in total. The summed E-state index contributed by atoms with van der Waals surface area (Å²) in [6, 6.07) is 0. The second-order valence-electron chi connectivity index (χ2n) is 3.58. The summed E-state index contributed by atoms with van der Waals surface area (Å²) in [6.07, 6.45) is 0. The Morgan fingerprint density at radius 2 is 1.56 bits per heavy atom. The van der Waals surface area contributed by atoms with Crippen LogP contribution in [0, 0.1) is 5.41 Å². The number of hydrogen-bond acceptors (Lipinski definition) is 0. The molecule has 1 atom stereocenters. The van der Waals surface area contributed by atoms with Crippen LogP contribution in [0.15, 0.2) is 0 Å². The van der Waals surface area contributed by atoms with E-state index < -0.39 is 0 Å². The lowest BCUT2D eigenvalue weighted by atomic mass is 9.83. The minimum Gasteiger partial charge on any atom is -0.118 e. The third kappa shape index (κ3) is 2.62. The van der Waals surface area contributed by atoms with Gasteiger partial charge < -0.3 is 0 Å². The number of hydrogen-bond donors (Lipinski definition) is 0. The van der Waals surface area contributed by atoms with Crippen LogP contribution in [0.4, 0.5) is 0 Å². The summed E-state index contributed by atoms with van der Waals surface area (Å²) in [5.74, 6) is 0. The topological polar surface area (TPSA) is 0 Å². The van der Waals surface area contributed by atoms with E-state index in [2.05, 4.69) is 50.3 Å². The summed E-state index contributed by atoms with van der Waals surface area (Å²) in [4.78, 5) is -0.0619. The van der Waals surface area contributed by atoms with Crippen LogP contribution in [0.2, 0.25) is 0 Å². The van der Waals surface area contributed by atoms with Crippen LogP contribution in [0.1, 0.15) is 27.7 Å². The largest absolute Gasteiger partial charge is 0.118 e. The summed E-state index contributed by atoms with van der Waals surface area (Å²) >= 11 is 8.51. The van der Waals surface area contributed by atoms with E-state index in [1.807, 2.05) is 0 Å². The summed E-state index contributed by atoms with van der Waals surface area (Å²) in [6.45, 7) is 8.58. The Bertz CT molecular complexity index is 91.6. The van der Waals surface area contributed by atoms with E-state index in [1.54, 1.807) is 0 Å². The standard InChI is InChI=1S/C7H14ClI/c1-6(2,3)7(4,8)5-9/h5H2,1-4H3. The first-order valence-electron chi connectivity index (χ1n) is 3.06. The Kier molecular flexibility index (Phi) is 3.29. The van der Waals surface area contributed by atoms with Gasteiger partial charge in [-0.25, -0.2) is 0 Å². The van der Waals surface area contributed by atoms with Crippen molar-refractivity contribution in [3.63, 3.8) is 0 Å². The maximum Gasteiger partial charge on any atom is 0.0555 e. The highest BCUT2D eigenvalue weighted by Gasteiger charge is 2.33. The summed E-state index contributed by atoms with van der Waals surface area (Å²) < 4.78 is 0.996. The van der Waals surface area contributed by atoms with Crippen molar-refractivity contribution in [2.75, 3.05) is 4.43 Å². The Labute approximate surface area is 76.5 Å². The minimum absolute atomic E-state index is 0.0619. The first-order valence-corrected chi connectivity index (χ1v) is 4.96. The molecule has 2 heteroatoms. The molecule has 0 heterocycles. The Morgan fingerprint density at radius 3 is 1.56 bits per heavy atom. The number of rotatable bonds is 1. The van der Waals surface area contributed by atoms with Crippen molar-refractivity contribution in [1.82, 2.24) is 0 Å². The normalized spacial score (nSPS) is 19.3. The number of alkyl halides is 2. The van der Waals surface area contributed by atoms with Crippen LogP contribution in [-0.2, 0) is 0 Å². The fourth-order valence-electron chi connectivity index (χ4n) is 0.200. The summed E-state index contributed by atoms with van der Waals surface area (Å²) in [5, 5.41) is 0. The van der Waals surface area contributed by atoms with Crippen LogP contribution >= 0.6 is 34.2 Å². The highest BCUT2D eigenvalue weighted by atomic mass is 127. The molecule has 0 aliphatic rings. The van der Waals surface area contributed by atoms with Crippen molar-refractivity contribution in [1.29, 1.82) is 0 Å². The van der Waals surface area contributed by atoms with E-state index in [4.69, 9.17) is 11.6 Å². The lowest BCUT2D eigenvalue weighted by Gasteiger charge is -2.34. The first kappa shape index (κ1) is 10.0. The maximum atomic E-state index is 6.19. The highest BCUT2D eigenvalue weighted by Crippen LogP contribution is 2.37. The van der Waals surface area contributed by atoms with Crippen molar-refractivity contribution in [2.24, 2.45) is 5.41 Å². The molecule has 9 heavy (non-hydrogen) atoms. The molecule has 0 aromatic heterocycles. The Morgan fingerprint density at radius 1 is 1.22 bits per heavy atom. The Balaban J connectivity index is 4.14. The van der Waals surface area contributed by atoms with E-state index in [1.165, 1.54) is 0 Å². The van der Waals surface area contributed by atoms with E-state index in [9.17, 15) is 0 Å². The van der Waals surface area contributed by atoms with E-state index in [0.717, 1.165) is 4.43 Å². The van der Waals surface area contributed by atoms with Crippen LogP contribution in [-0.4, -0.2) is 9.30 Å². The van der Waals surface area contributed by atoms with Crippen LogP contribution in [0.5, 0.6) is 0 Å². The quantitative estimate of drug-likeness (QED) is 0.500. The van der Waals surface area contributed by atoms with Crippen molar-refractivity contribution in [3.8, 4) is 0 Å². The van der Waals surface area contributed by atoms with Crippen molar-refractivity contribution in [2.45, 2.75) is 32.6 Å². The summed E-state index contributed by atoms with van der Waals surface area (Å²) in [7, 11) is 0. The predicted molar refractivity (Wildman–Crippen MR) is 52.6 cm³/mol. The summed E-state index contributed by atoms with van der Waals surface area (Å²) in [5.41, 5.74) is 0.204. The average molecular weight is 261 g/mol. The smallest absolute Gasteiger partial charge is 0.0555 e. The van der Waals surface area contributed by atoms with E-state index >= 15 is 0 Å². The molecule has 0 aliphatic carbocycles. The zero-order chi connectivity index (χ0) is 7.71. The lowest BCUT2D eigenvalue weighted by Crippen LogP contribution is -2.35. The van der Waals surface area contributed by atoms with E-state index in [0.29, 0.717) is 0 Å². The van der Waals surface area contributed by atoms with Crippen molar-refractivity contribution >= 4 is 34.2 Å². The van der Waals surface area contributed by atoms with Gasteiger partial charge in [0.15, 0.2) is 0 Å². The van der Waals surface area contributed by atoms with Gasteiger partial charge in [0, 0.05) is 4.43 Å². The van der Waals surface area contributed by atoms with Gasteiger partial charge in [0.05, 0.1) is 4.87 Å². The van der Waals surface area contributed by atoms with Gasteiger partial charge in [0.2, 0.25) is 0 Å². The third-order valence-electron chi connectivity index (χ3n) is 1.81. The highest BCUT2D eigenvalue weighted by molar-refractivity contribution is 14.1. The fourth-order valence-corrected chi connectivity index (χ4v) is 1.34. The molecule has 0 amide bonds. The molecule has 0 aliphatic heterocycles. The molecule has 0 bridgehead atoms. The average Bonchev–Trinajstić information content (AvgIpc) is 1.64. The second-order valence-corrected chi connectivity index (χ2v) is 5.18. The third-order valence-corrected chi connectivity index (χ3v) is 4.49. The van der Waals surface area contributed by atoms with Gasteiger partial charge in [-0.05, 0) is 12.3 Å². The zero-order valence-electron chi connectivity index (χ0n) is 6.46. The monoisotopic (exact) mass is 260 g/mol. The molecule has 0 rings (SSSR count). The van der Waals surface area contributed by atoms with Gasteiger partial charge in [-0.3, -0.25) is 0 Å². The molecule has 0 spiro atoms. The van der Waals surface area contributed by atoms with Crippen LogP contribution in [0.25, 0.3) is 0 Å². The van der Waals surface area contributed by atoms with Gasteiger partial charge in [0.1, 0.15) is 0 Å². The molecule has 1 unspecified atom stereocenters. The Hall–Kier alpha value is 1.02. The van der Waals surface area contributed by atoms with Crippen molar-refractivity contribution in [3.05, 3.63) is 0 Å². The first-order chi connectivity index (χ1) is 3.81. The molecule has 0 aromatic carbocycles. The lowest BCUT2D eigenvalue weighted by molar-refractivity contribution is 0.320. The van der Waals surface area contributed by atoms with Gasteiger partial charge >= 0.3 is 0 Å². The van der Waals surface area contributed by atoms with Gasteiger partial charge in [-0.2, -0.15) is 0 Å². The van der Waals surface area contributed by atoms with Crippen LogP contribution in [0.3, 0.4) is 0 Å². The maximum absolute atomic E-state index is 6.19. The van der Waals surface area contributed by atoms with Gasteiger partial charge in [0.25, 0.3) is 0 Å². The minimum atomic E-state index is -0.0619. The fraction of sp³-hybridized carbons (Fsp3) is 1.00. The molecule has 0 saturated carbocycles. The molecule has 56 valence electrons. The predicted octanol–water partition coefficient (Wildman–Crippen LogP) is 3.47. The second kappa shape index (κ2) is 2.95. The van der Waals surface area contributed by atoms with Crippen molar-refractivity contribution < 1.29 is 0 Å². The van der Waals surface area contributed by atoms with Gasteiger partial charge in [-0.15, -0.1) is 11.6 Å². The van der Waals surface area contributed by atoms with E-state index in [-0.39, 0.29) is 10.3 Å². The molecular weight excluding hydrogens is 246 g/mol. The molecule has 0 fully saturated rings. The molecule has 0 radical (unpaired) electrons. The molecule has 0 saturated heterocycles. The van der Waals surface area contributed by atoms with Crippen LogP contribution < -0.4 is 0 Å². The molecule has 0 aromatic rings. The SMILES string of the molecule is CC(C)(C)C(C)(Cl)CI. The molecular formula is C7H14ClI. The van der Waals surface area contributed by atoms with Gasteiger partial charge in [-0.1, -0.05) is 43.4 Å². The molecule has 0 nitrogen and oxygen atoms in total. The zero-order valence-corrected chi connectivity index (χ0v) is 9.38.